The number of hydrogen-bond acceptors (Lipinski definition) is 5. The van der Waals surface area contributed by atoms with Crippen LogP contribution in [0.3, 0.4) is 0 Å². The van der Waals surface area contributed by atoms with E-state index in [1.165, 1.54) is 19.3 Å². The van der Waals surface area contributed by atoms with Gasteiger partial charge in [-0.05, 0) is 25.8 Å². The summed E-state index contributed by atoms with van der Waals surface area (Å²) in [4.78, 5) is 12.1. The van der Waals surface area contributed by atoms with Gasteiger partial charge in [-0.25, -0.2) is 0 Å². The molecule has 0 saturated heterocycles. The molecule has 0 aromatic carbocycles. The largest absolute Gasteiger partial charge is 0.408 e. The van der Waals surface area contributed by atoms with Gasteiger partial charge in [0.25, 0.3) is 5.91 Å². The summed E-state index contributed by atoms with van der Waals surface area (Å²) in [5.41, 5.74) is 0.481. The average molecular weight is 289 g/mol. The Morgan fingerprint density at radius 2 is 2.19 bits per heavy atom. The van der Waals surface area contributed by atoms with Gasteiger partial charge in [0.15, 0.2) is 0 Å². The zero-order chi connectivity index (χ0) is 14.7. The van der Waals surface area contributed by atoms with Crippen molar-refractivity contribution in [2.75, 3.05) is 5.32 Å². The second kappa shape index (κ2) is 6.07. The molecule has 2 heterocycles. The highest BCUT2D eigenvalue weighted by atomic mass is 16.4. The number of amides is 1. The number of carbonyl (C=O) groups is 1. The first-order valence-electron chi connectivity index (χ1n) is 7.44. The highest BCUT2D eigenvalue weighted by Gasteiger charge is 2.22. The van der Waals surface area contributed by atoms with E-state index >= 15 is 0 Å². The number of anilines is 1. The molecule has 0 unspecified atom stereocenters. The van der Waals surface area contributed by atoms with Gasteiger partial charge >= 0.3 is 6.01 Å². The molecule has 1 fully saturated rings. The summed E-state index contributed by atoms with van der Waals surface area (Å²) in [5, 5.41) is 14.7. The van der Waals surface area contributed by atoms with Crippen molar-refractivity contribution in [2.24, 2.45) is 0 Å². The second-order valence-corrected chi connectivity index (χ2v) is 5.27. The molecule has 0 bridgehead atoms. The Labute approximate surface area is 122 Å². The summed E-state index contributed by atoms with van der Waals surface area (Å²) >= 11 is 0. The molecule has 1 N–H and O–H groups in total. The third kappa shape index (κ3) is 2.96. The smallest absolute Gasteiger partial charge is 0.322 e. The molecular formula is C14H19N5O2. The highest BCUT2D eigenvalue weighted by Crippen LogP contribution is 2.32. The fourth-order valence-corrected chi connectivity index (χ4v) is 2.74. The molecule has 1 aliphatic carbocycles. The molecule has 0 aliphatic heterocycles. The lowest BCUT2D eigenvalue weighted by Gasteiger charge is -2.17. The maximum atomic E-state index is 12.1. The highest BCUT2D eigenvalue weighted by molar-refractivity contribution is 6.01. The lowest BCUT2D eigenvalue weighted by atomic mass is 9.89. The Hall–Kier alpha value is -2.18. The number of aryl methyl sites for hydroxylation is 1. The topological polar surface area (TPSA) is 85.8 Å². The van der Waals surface area contributed by atoms with E-state index < -0.39 is 0 Å². The molecule has 21 heavy (non-hydrogen) atoms. The molecule has 112 valence electrons. The van der Waals surface area contributed by atoms with Gasteiger partial charge in [-0.3, -0.25) is 14.8 Å². The van der Waals surface area contributed by atoms with E-state index in [0.717, 1.165) is 12.8 Å². The first-order valence-corrected chi connectivity index (χ1v) is 7.44. The SMILES string of the molecule is CCn1nccc1C(=O)Nc1nnc(C2CCCCC2)o1. The van der Waals surface area contributed by atoms with Crippen LogP contribution in [-0.2, 0) is 6.54 Å². The van der Waals surface area contributed by atoms with Gasteiger partial charge in [0, 0.05) is 18.7 Å². The maximum absolute atomic E-state index is 12.1. The predicted molar refractivity (Wildman–Crippen MR) is 76.0 cm³/mol. The Morgan fingerprint density at radius 1 is 1.38 bits per heavy atom. The molecule has 2 aromatic rings. The molecule has 1 amide bonds. The van der Waals surface area contributed by atoms with Crippen LogP contribution in [0.4, 0.5) is 6.01 Å². The van der Waals surface area contributed by atoms with Crippen molar-refractivity contribution in [3.05, 3.63) is 23.8 Å². The quantitative estimate of drug-likeness (QED) is 0.935. The van der Waals surface area contributed by atoms with E-state index in [1.54, 1.807) is 16.9 Å². The lowest BCUT2D eigenvalue weighted by Crippen LogP contribution is -2.17. The number of carbonyl (C=O) groups excluding carboxylic acids is 1. The van der Waals surface area contributed by atoms with E-state index in [0.29, 0.717) is 24.0 Å². The maximum Gasteiger partial charge on any atom is 0.322 e. The summed E-state index contributed by atoms with van der Waals surface area (Å²) in [5.74, 6) is 0.681. The minimum absolute atomic E-state index is 0.157. The Kier molecular flexibility index (Phi) is 3.98. The Balaban J connectivity index is 1.68. The lowest BCUT2D eigenvalue weighted by molar-refractivity contribution is 0.101. The van der Waals surface area contributed by atoms with Crippen LogP contribution < -0.4 is 5.32 Å². The minimum atomic E-state index is -0.284. The Bertz CT molecular complexity index is 612. The zero-order valence-electron chi connectivity index (χ0n) is 12.1. The van der Waals surface area contributed by atoms with Gasteiger partial charge in [-0.1, -0.05) is 24.4 Å². The minimum Gasteiger partial charge on any atom is -0.408 e. The predicted octanol–water partition coefficient (Wildman–Crippen LogP) is 2.59. The normalized spacial score (nSPS) is 16.0. The van der Waals surface area contributed by atoms with E-state index in [2.05, 4.69) is 20.6 Å². The van der Waals surface area contributed by atoms with Crippen LogP contribution in [0.15, 0.2) is 16.7 Å². The number of rotatable bonds is 4. The van der Waals surface area contributed by atoms with Gasteiger partial charge in [0.05, 0.1) is 0 Å². The van der Waals surface area contributed by atoms with Crippen molar-refractivity contribution in [1.29, 1.82) is 0 Å². The van der Waals surface area contributed by atoms with Gasteiger partial charge in [0.2, 0.25) is 5.89 Å². The van der Waals surface area contributed by atoms with Crippen molar-refractivity contribution >= 4 is 11.9 Å². The van der Waals surface area contributed by atoms with Crippen LogP contribution in [0.5, 0.6) is 0 Å². The monoisotopic (exact) mass is 289 g/mol. The van der Waals surface area contributed by atoms with Crippen molar-refractivity contribution in [1.82, 2.24) is 20.0 Å². The number of nitrogens with one attached hydrogen (secondary N) is 1. The molecule has 0 radical (unpaired) electrons. The van der Waals surface area contributed by atoms with E-state index in [-0.39, 0.29) is 11.9 Å². The number of nitrogens with zero attached hydrogens (tertiary/aromatic N) is 4. The first-order chi connectivity index (χ1) is 10.3. The van der Waals surface area contributed by atoms with Crippen LogP contribution >= 0.6 is 0 Å². The fraction of sp³-hybridized carbons (Fsp3) is 0.571. The molecule has 0 spiro atoms. The van der Waals surface area contributed by atoms with Crippen molar-refractivity contribution in [3.8, 4) is 0 Å². The molecule has 3 rings (SSSR count). The zero-order valence-corrected chi connectivity index (χ0v) is 12.1. The van der Waals surface area contributed by atoms with Gasteiger partial charge in [-0.2, -0.15) is 5.10 Å². The molecule has 7 heteroatoms. The van der Waals surface area contributed by atoms with E-state index in [9.17, 15) is 4.79 Å². The van der Waals surface area contributed by atoms with E-state index in [4.69, 9.17) is 4.42 Å². The summed E-state index contributed by atoms with van der Waals surface area (Å²) < 4.78 is 7.20. The number of aromatic nitrogens is 4. The van der Waals surface area contributed by atoms with Crippen molar-refractivity contribution < 1.29 is 9.21 Å². The van der Waals surface area contributed by atoms with Gasteiger partial charge < -0.3 is 4.42 Å². The molecule has 1 saturated carbocycles. The third-order valence-corrected chi connectivity index (χ3v) is 3.86. The van der Waals surface area contributed by atoms with Crippen LogP contribution in [0.25, 0.3) is 0 Å². The second-order valence-electron chi connectivity index (χ2n) is 5.27. The third-order valence-electron chi connectivity index (χ3n) is 3.86. The van der Waals surface area contributed by atoms with Gasteiger partial charge in [0.1, 0.15) is 5.69 Å². The molecule has 0 atom stereocenters. The van der Waals surface area contributed by atoms with Crippen molar-refractivity contribution in [2.45, 2.75) is 51.5 Å². The first kappa shape index (κ1) is 13.8. The van der Waals surface area contributed by atoms with Crippen LogP contribution in [0.2, 0.25) is 0 Å². The molecule has 1 aliphatic rings. The summed E-state index contributed by atoms with van der Waals surface area (Å²) in [7, 11) is 0. The van der Waals surface area contributed by atoms with Crippen LogP contribution in [0, 0.1) is 0 Å². The summed E-state index contributed by atoms with van der Waals surface area (Å²) in [6.07, 6.45) is 7.43. The van der Waals surface area contributed by atoms with Gasteiger partial charge in [-0.15, -0.1) is 5.10 Å². The van der Waals surface area contributed by atoms with Crippen LogP contribution in [-0.4, -0.2) is 25.9 Å². The van der Waals surface area contributed by atoms with Crippen molar-refractivity contribution in [3.63, 3.8) is 0 Å². The molecule has 2 aromatic heterocycles. The standard InChI is InChI=1S/C14H19N5O2/c1-2-19-11(8-9-15-19)12(20)16-14-18-17-13(21-14)10-6-4-3-5-7-10/h8-10H,2-7H2,1H3,(H,16,18,20). The summed E-state index contributed by atoms with van der Waals surface area (Å²) in [6.45, 7) is 2.56. The molecule has 7 nitrogen and oxygen atoms in total. The Morgan fingerprint density at radius 3 is 2.95 bits per heavy atom. The fourth-order valence-electron chi connectivity index (χ4n) is 2.74. The number of hydrogen-bond donors (Lipinski definition) is 1. The van der Waals surface area contributed by atoms with Crippen LogP contribution in [0.1, 0.15) is 61.3 Å². The summed E-state index contributed by atoms with van der Waals surface area (Å²) in [6, 6.07) is 1.82. The molecular weight excluding hydrogens is 270 g/mol. The average Bonchev–Trinajstić information content (AvgIpc) is 3.16. The van der Waals surface area contributed by atoms with E-state index in [1.807, 2.05) is 6.92 Å².